The van der Waals surface area contributed by atoms with E-state index in [0.717, 1.165) is 11.9 Å². The van der Waals surface area contributed by atoms with E-state index >= 15 is 0 Å². The second-order valence-corrected chi connectivity index (χ2v) is 4.48. The Morgan fingerprint density at radius 1 is 1.25 bits per heavy atom. The van der Waals surface area contributed by atoms with Crippen molar-refractivity contribution >= 4 is 16.9 Å². The van der Waals surface area contributed by atoms with Crippen LogP contribution in [0, 0.1) is 5.82 Å². The highest BCUT2D eigenvalue weighted by molar-refractivity contribution is 5.82. The van der Waals surface area contributed by atoms with Gasteiger partial charge in [-0.15, -0.1) is 0 Å². The van der Waals surface area contributed by atoms with Crippen LogP contribution in [-0.4, -0.2) is 19.5 Å². The fraction of sp³-hybridized carbons (Fsp3) is 0.214. The van der Waals surface area contributed by atoms with Gasteiger partial charge in [0.15, 0.2) is 17.5 Å². The molecule has 3 rings (SSSR count). The van der Waals surface area contributed by atoms with Gasteiger partial charge in [0.2, 0.25) is 0 Å². The molecule has 0 aliphatic carbocycles. The number of hydrogen-bond acceptors (Lipinski definition) is 4. The summed E-state index contributed by atoms with van der Waals surface area (Å²) >= 11 is 0. The van der Waals surface area contributed by atoms with Crippen molar-refractivity contribution in [3.8, 4) is 11.5 Å². The number of nitrogens with zero attached hydrogens (tertiary/aromatic N) is 4. The van der Waals surface area contributed by atoms with Crippen LogP contribution >= 0.6 is 0 Å². The Bertz CT molecular complexity index is 765. The molecule has 2 heterocycles. The fourth-order valence-corrected chi connectivity index (χ4v) is 2.26. The van der Waals surface area contributed by atoms with E-state index < -0.39 is 0 Å². The average Bonchev–Trinajstić information content (AvgIpc) is 2.80. The predicted octanol–water partition coefficient (Wildman–Crippen LogP) is 2.62. The first kappa shape index (κ1) is 12.5. The van der Waals surface area contributed by atoms with E-state index in [1.54, 1.807) is 12.3 Å². The summed E-state index contributed by atoms with van der Waals surface area (Å²) in [5.74, 6) is 0.499. The summed E-state index contributed by atoms with van der Waals surface area (Å²) < 4.78 is 15.8. The zero-order chi connectivity index (χ0) is 14.1. The van der Waals surface area contributed by atoms with Crippen LogP contribution in [0.25, 0.3) is 22.6 Å². The molecule has 0 amide bonds. The zero-order valence-electron chi connectivity index (χ0n) is 11.0. The van der Waals surface area contributed by atoms with Gasteiger partial charge in [-0.2, -0.15) is 0 Å². The molecular formula is C14H14FN5. The van der Waals surface area contributed by atoms with Crippen LogP contribution in [0.4, 0.5) is 10.2 Å². The predicted molar refractivity (Wildman–Crippen MR) is 75.4 cm³/mol. The van der Waals surface area contributed by atoms with E-state index in [1.165, 1.54) is 12.3 Å². The van der Waals surface area contributed by atoms with Crippen LogP contribution in [0.15, 0.2) is 30.6 Å². The third-order valence-electron chi connectivity index (χ3n) is 3.12. The second-order valence-electron chi connectivity index (χ2n) is 4.48. The molecule has 0 bridgehead atoms. The largest absolute Gasteiger partial charge is 0.382 e. The minimum absolute atomic E-state index is 0.292. The van der Waals surface area contributed by atoms with Crippen molar-refractivity contribution in [2.24, 2.45) is 0 Å². The molecule has 0 atom stereocenters. The standard InChI is InChI=1S/C14H14FN5/c1-2-8-20-10-5-3-4-9(15)11(10)19-14(20)12-13(16)18-7-6-17-12/h3-7H,2,8H2,1H3,(H2,16,18). The molecule has 0 unspecified atom stereocenters. The van der Waals surface area contributed by atoms with Crippen molar-refractivity contribution in [2.75, 3.05) is 5.73 Å². The van der Waals surface area contributed by atoms with E-state index in [1.807, 2.05) is 10.6 Å². The van der Waals surface area contributed by atoms with Crippen molar-refractivity contribution in [3.63, 3.8) is 0 Å². The number of nitrogens with two attached hydrogens (primary N) is 1. The topological polar surface area (TPSA) is 69.6 Å². The van der Waals surface area contributed by atoms with Crippen molar-refractivity contribution in [3.05, 3.63) is 36.4 Å². The lowest BCUT2D eigenvalue weighted by atomic mass is 10.3. The molecule has 3 aromatic rings. The molecular weight excluding hydrogens is 257 g/mol. The van der Waals surface area contributed by atoms with Gasteiger partial charge >= 0.3 is 0 Å². The van der Waals surface area contributed by atoms with E-state index in [4.69, 9.17) is 5.73 Å². The number of para-hydroxylation sites is 1. The molecule has 1 aromatic carbocycles. The molecule has 0 aliphatic heterocycles. The number of aromatic nitrogens is 4. The number of fused-ring (bicyclic) bond motifs is 1. The van der Waals surface area contributed by atoms with Gasteiger partial charge in [0, 0.05) is 18.9 Å². The number of anilines is 1. The summed E-state index contributed by atoms with van der Waals surface area (Å²) in [6.07, 6.45) is 3.97. The van der Waals surface area contributed by atoms with E-state index in [2.05, 4.69) is 21.9 Å². The van der Waals surface area contributed by atoms with Crippen molar-refractivity contribution in [2.45, 2.75) is 19.9 Å². The van der Waals surface area contributed by atoms with Crippen LogP contribution in [0.2, 0.25) is 0 Å². The van der Waals surface area contributed by atoms with Crippen LogP contribution in [0.1, 0.15) is 13.3 Å². The minimum Gasteiger partial charge on any atom is -0.382 e. The first-order valence-corrected chi connectivity index (χ1v) is 6.44. The Morgan fingerprint density at radius 3 is 2.80 bits per heavy atom. The number of halogens is 1. The number of aryl methyl sites for hydroxylation is 1. The number of nitrogen functional groups attached to an aromatic ring is 1. The van der Waals surface area contributed by atoms with Gasteiger partial charge in [0.05, 0.1) is 5.52 Å². The third-order valence-corrected chi connectivity index (χ3v) is 3.12. The first-order valence-electron chi connectivity index (χ1n) is 6.44. The number of benzene rings is 1. The van der Waals surface area contributed by atoms with Gasteiger partial charge in [-0.25, -0.2) is 19.3 Å². The summed E-state index contributed by atoms with van der Waals surface area (Å²) in [5, 5.41) is 0. The van der Waals surface area contributed by atoms with Crippen LogP contribution in [-0.2, 0) is 6.54 Å². The molecule has 2 N–H and O–H groups in total. The molecule has 0 saturated carbocycles. The Kier molecular flexibility index (Phi) is 3.06. The second kappa shape index (κ2) is 4.88. The molecule has 0 aliphatic rings. The summed E-state index contributed by atoms with van der Waals surface area (Å²) in [4.78, 5) is 12.6. The van der Waals surface area contributed by atoms with E-state index in [0.29, 0.717) is 29.4 Å². The summed E-state index contributed by atoms with van der Waals surface area (Å²) in [5.41, 5.74) is 7.42. The Labute approximate surface area is 115 Å². The fourth-order valence-electron chi connectivity index (χ4n) is 2.26. The molecule has 0 fully saturated rings. The Morgan fingerprint density at radius 2 is 2.05 bits per heavy atom. The highest BCUT2D eigenvalue weighted by Crippen LogP contribution is 2.27. The summed E-state index contributed by atoms with van der Waals surface area (Å²) in [6, 6.07) is 4.92. The average molecular weight is 271 g/mol. The maximum absolute atomic E-state index is 13.9. The highest BCUT2D eigenvalue weighted by atomic mass is 19.1. The Balaban J connectivity index is 2.32. The quantitative estimate of drug-likeness (QED) is 0.795. The van der Waals surface area contributed by atoms with Gasteiger partial charge in [0.1, 0.15) is 11.2 Å². The van der Waals surface area contributed by atoms with Crippen molar-refractivity contribution in [1.82, 2.24) is 19.5 Å². The molecule has 0 radical (unpaired) electrons. The lowest BCUT2D eigenvalue weighted by molar-refractivity contribution is 0.637. The molecule has 0 saturated heterocycles. The maximum atomic E-state index is 13.9. The lowest BCUT2D eigenvalue weighted by Crippen LogP contribution is -2.04. The monoisotopic (exact) mass is 271 g/mol. The van der Waals surface area contributed by atoms with E-state index in [9.17, 15) is 4.39 Å². The number of imidazole rings is 1. The normalized spacial score (nSPS) is 11.1. The molecule has 102 valence electrons. The van der Waals surface area contributed by atoms with Crippen LogP contribution in [0.3, 0.4) is 0 Å². The summed E-state index contributed by atoms with van der Waals surface area (Å²) in [7, 11) is 0. The van der Waals surface area contributed by atoms with Gasteiger partial charge in [-0.05, 0) is 18.6 Å². The van der Waals surface area contributed by atoms with Crippen molar-refractivity contribution in [1.29, 1.82) is 0 Å². The van der Waals surface area contributed by atoms with E-state index in [-0.39, 0.29) is 5.82 Å². The van der Waals surface area contributed by atoms with Gasteiger partial charge in [0.25, 0.3) is 0 Å². The maximum Gasteiger partial charge on any atom is 0.163 e. The van der Waals surface area contributed by atoms with Crippen molar-refractivity contribution < 1.29 is 4.39 Å². The molecule has 5 nitrogen and oxygen atoms in total. The first-order chi connectivity index (χ1) is 9.72. The number of hydrogen-bond donors (Lipinski definition) is 1. The van der Waals surface area contributed by atoms with Gasteiger partial charge in [-0.1, -0.05) is 13.0 Å². The van der Waals surface area contributed by atoms with Crippen LogP contribution in [0.5, 0.6) is 0 Å². The van der Waals surface area contributed by atoms with Crippen LogP contribution < -0.4 is 5.73 Å². The summed E-state index contributed by atoms with van der Waals surface area (Å²) in [6.45, 7) is 2.76. The Hall–Kier alpha value is -2.50. The lowest BCUT2D eigenvalue weighted by Gasteiger charge is -2.08. The smallest absolute Gasteiger partial charge is 0.163 e. The highest BCUT2D eigenvalue weighted by Gasteiger charge is 2.17. The zero-order valence-corrected chi connectivity index (χ0v) is 11.0. The molecule has 0 spiro atoms. The SMILES string of the molecule is CCCn1c(-c2nccnc2N)nc2c(F)cccc21. The third kappa shape index (κ3) is 1.89. The molecule has 20 heavy (non-hydrogen) atoms. The molecule has 2 aromatic heterocycles. The minimum atomic E-state index is -0.346. The van der Waals surface area contributed by atoms with Gasteiger partial charge < -0.3 is 10.3 Å². The molecule has 6 heteroatoms. The van der Waals surface area contributed by atoms with Gasteiger partial charge in [-0.3, -0.25) is 0 Å². The number of rotatable bonds is 3.